The third-order valence-corrected chi connectivity index (χ3v) is 3.70. The lowest BCUT2D eigenvalue weighted by molar-refractivity contribution is 0.253. The summed E-state index contributed by atoms with van der Waals surface area (Å²) in [7, 11) is -3.21. The van der Waals surface area contributed by atoms with E-state index >= 15 is 0 Å². The van der Waals surface area contributed by atoms with Gasteiger partial charge in [0.25, 0.3) is 0 Å². The minimum Gasteiger partial charge on any atom is -0.395 e. The molecule has 0 atom stereocenters. The van der Waals surface area contributed by atoms with E-state index in [1.54, 1.807) is 6.08 Å². The van der Waals surface area contributed by atoms with E-state index in [-0.39, 0.29) is 18.9 Å². The van der Waals surface area contributed by atoms with Gasteiger partial charge in [-0.3, -0.25) is 0 Å². The molecule has 0 saturated carbocycles. The topological polar surface area (TPSA) is 57.6 Å². The largest absolute Gasteiger partial charge is 0.395 e. The maximum Gasteiger partial charge on any atom is 0.214 e. The zero-order valence-electron chi connectivity index (χ0n) is 8.65. The predicted octanol–water partition coefficient (Wildman–Crippen LogP) is 0.597. The molecule has 0 fully saturated rings. The van der Waals surface area contributed by atoms with Crippen LogP contribution in [0.5, 0.6) is 0 Å². The van der Waals surface area contributed by atoms with Crippen LogP contribution >= 0.6 is 0 Å². The van der Waals surface area contributed by atoms with Gasteiger partial charge in [0.2, 0.25) is 10.0 Å². The van der Waals surface area contributed by atoms with Crippen molar-refractivity contribution in [3.8, 4) is 0 Å². The molecule has 0 amide bonds. The number of aliphatic hydroxyl groups is 1. The van der Waals surface area contributed by atoms with Gasteiger partial charge in [-0.25, -0.2) is 8.42 Å². The Morgan fingerprint density at radius 1 is 1.43 bits per heavy atom. The smallest absolute Gasteiger partial charge is 0.214 e. The lowest BCUT2D eigenvalue weighted by Gasteiger charge is -2.19. The molecule has 0 spiro atoms. The van der Waals surface area contributed by atoms with Crippen molar-refractivity contribution in [2.75, 3.05) is 25.4 Å². The maximum absolute atomic E-state index is 11.6. The Kier molecular flexibility index (Phi) is 6.78. The summed E-state index contributed by atoms with van der Waals surface area (Å²) in [6, 6.07) is 0. The molecule has 4 nitrogen and oxygen atoms in total. The van der Waals surface area contributed by atoms with Crippen molar-refractivity contribution in [3.05, 3.63) is 12.7 Å². The Morgan fingerprint density at radius 3 is 2.50 bits per heavy atom. The van der Waals surface area contributed by atoms with Gasteiger partial charge >= 0.3 is 0 Å². The van der Waals surface area contributed by atoms with Crippen molar-refractivity contribution < 1.29 is 13.5 Å². The first-order chi connectivity index (χ1) is 6.58. The maximum atomic E-state index is 11.6. The van der Waals surface area contributed by atoms with Crippen molar-refractivity contribution in [1.82, 2.24) is 4.31 Å². The molecule has 0 bridgehead atoms. The van der Waals surface area contributed by atoms with Gasteiger partial charge in [0.1, 0.15) is 0 Å². The molecule has 0 rings (SSSR count). The molecule has 0 aliphatic heterocycles. The summed E-state index contributed by atoms with van der Waals surface area (Å²) < 4.78 is 24.6. The standard InChI is InChI=1S/C9H19NO3S/c1-3-5-9-14(12,13)10(6-4-2)7-8-11/h3,11H,1,4-9H2,2H3. The van der Waals surface area contributed by atoms with Gasteiger partial charge in [-0.05, 0) is 12.8 Å². The molecule has 0 aromatic carbocycles. The highest BCUT2D eigenvalue weighted by molar-refractivity contribution is 7.89. The van der Waals surface area contributed by atoms with Crippen LogP contribution in [0.2, 0.25) is 0 Å². The first kappa shape index (κ1) is 13.6. The average molecular weight is 221 g/mol. The van der Waals surface area contributed by atoms with Gasteiger partial charge in [-0.1, -0.05) is 13.0 Å². The third-order valence-electron chi connectivity index (χ3n) is 1.80. The van der Waals surface area contributed by atoms with Crippen molar-refractivity contribution in [2.45, 2.75) is 19.8 Å². The molecule has 84 valence electrons. The number of hydrogen-bond acceptors (Lipinski definition) is 3. The Hall–Kier alpha value is -0.390. The summed E-state index contributed by atoms with van der Waals surface area (Å²) in [5, 5.41) is 8.73. The van der Waals surface area contributed by atoms with Crippen LogP contribution in [0, 0.1) is 0 Å². The van der Waals surface area contributed by atoms with Crippen LogP contribution in [0.15, 0.2) is 12.7 Å². The highest BCUT2D eigenvalue weighted by Crippen LogP contribution is 2.04. The van der Waals surface area contributed by atoms with E-state index in [1.165, 1.54) is 4.31 Å². The number of nitrogens with zero attached hydrogens (tertiary/aromatic N) is 1. The molecular formula is C9H19NO3S. The fourth-order valence-electron chi connectivity index (χ4n) is 1.11. The normalized spacial score (nSPS) is 11.9. The minimum atomic E-state index is -3.21. The highest BCUT2D eigenvalue weighted by Gasteiger charge is 2.19. The van der Waals surface area contributed by atoms with Crippen LogP contribution in [0.3, 0.4) is 0 Å². The summed E-state index contributed by atoms with van der Waals surface area (Å²) in [6.45, 7) is 5.92. The first-order valence-corrected chi connectivity index (χ1v) is 6.39. The number of hydrogen-bond donors (Lipinski definition) is 1. The van der Waals surface area contributed by atoms with Crippen LogP contribution in [0.4, 0.5) is 0 Å². The monoisotopic (exact) mass is 221 g/mol. The molecule has 0 aliphatic rings. The predicted molar refractivity (Wildman–Crippen MR) is 57.6 cm³/mol. The van der Waals surface area contributed by atoms with Crippen molar-refractivity contribution in [3.63, 3.8) is 0 Å². The van der Waals surface area contributed by atoms with Gasteiger partial charge in [-0.2, -0.15) is 4.31 Å². The Labute approximate surface area is 86.3 Å². The molecule has 14 heavy (non-hydrogen) atoms. The van der Waals surface area contributed by atoms with E-state index < -0.39 is 10.0 Å². The molecule has 0 aromatic rings. The van der Waals surface area contributed by atoms with Crippen LogP contribution in [-0.2, 0) is 10.0 Å². The van der Waals surface area contributed by atoms with Crippen molar-refractivity contribution >= 4 is 10.0 Å². The second-order valence-electron chi connectivity index (χ2n) is 3.02. The van der Waals surface area contributed by atoms with E-state index in [2.05, 4.69) is 6.58 Å². The summed E-state index contributed by atoms with van der Waals surface area (Å²) in [5.74, 6) is 0.0799. The van der Waals surface area contributed by atoms with Crippen LogP contribution < -0.4 is 0 Å². The summed E-state index contributed by atoms with van der Waals surface area (Å²) in [5.41, 5.74) is 0. The second kappa shape index (κ2) is 6.98. The summed E-state index contributed by atoms with van der Waals surface area (Å²) in [6.07, 6.45) is 2.79. The molecular weight excluding hydrogens is 202 g/mol. The van der Waals surface area contributed by atoms with Crippen LogP contribution in [-0.4, -0.2) is 43.3 Å². The number of aliphatic hydroxyl groups excluding tert-OH is 1. The number of sulfonamides is 1. The van der Waals surface area contributed by atoms with Crippen molar-refractivity contribution in [2.24, 2.45) is 0 Å². The van der Waals surface area contributed by atoms with E-state index in [0.29, 0.717) is 13.0 Å². The van der Waals surface area contributed by atoms with Crippen molar-refractivity contribution in [1.29, 1.82) is 0 Å². The van der Waals surface area contributed by atoms with Crippen LogP contribution in [0.25, 0.3) is 0 Å². The fourth-order valence-corrected chi connectivity index (χ4v) is 2.66. The summed E-state index contributed by atoms with van der Waals surface area (Å²) in [4.78, 5) is 0. The number of allylic oxidation sites excluding steroid dienone is 1. The van der Waals surface area contributed by atoms with Gasteiger partial charge in [0.15, 0.2) is 0 Å². The summed E-state index contributed by atoms with van der Waals surface area (Å²) >= 11 is 0. The first-order valence-electron chi connectivity index (χ1n) is 4.78. The van der Waals surface area contributed by atoms with Gasteiger partial charge in [0.05, 0.1) is 12.4 Å². The Balaban J connectivity index is 4.36. The molecule has 0 radical (unpaired) electrons. The Morgan fingerprint density at radius 2 is 2.07 bits per heavy atom. The lowest BCUT2D eigenvalue weighted by atomic mass is 10.5. The molecule has 1 N–H and O–H groups in total. The van der Waals surface area contributed by atoms with E-state index in [0.717, 1.165) is 6.42 Å². The average Bonchev–Trinajstić information content (AvgIpc) is 2.14. The lowest BCUT2D eigenvalue weighted by Crippen LogP contribution is -2.35. The van der Waals surface area contributed by atoms with E-state index in [1.807, 2.05) is 6.92 Å². The third kappa shape index (κ3) is 4.74. The molecule has 0 heterocycles. The minimum absolute atomic E-state index is 0.0799. The SMILES string of the molecule is C=CCCS(=O)(=O)N(CCC)CCO. The van der Waals surface area contributed by atoms with E-state index in [9.17, 15) is 8.42 Å². The fraction of sp³-hybridized carbons (Fsp3) is 0.778. The Bertz CT molecular complexity index is 243. The van der Waals surface area contributed by atoms with Gasteiger partial charge < -0.3 is 5.11 Å². The molecule has 0 aliphatic carbocycles. The molecule has 0 unspecified atom stereocenters. The molecule has 0 saturated heterocycles. The number of rotatable bonds is 8. The van der Waals surface area contributed by atoms with Gasteiger partial charge in [-0.15, -0.1) is 6.58 Å². The van der Waals surface area contributed by atoms with Crippen LogP contribution in [0.1, 0.15) is 19.8 Å². The molecule has 0 aromatic heterocycles. The zero-order chi connectivity index (χ0) is 11.0. The van der Waals surface area contributed by atoms with E-state index in [4.69, 9.17) is 5.11 Å². The zero-order valence-corrected chi connectivity index (χ0v) is 9.46. The highest BCUT2D eigenvalue weighted by atomic mass is 32.2. The second-order valence-corrected chi connectivity index (χ2v) is 5.10. The quantitative estimate of drug-likeness (QED) is 0.611. The van der Waals surface area contributed by atoms with Gasteiger partial charge in [0, 0.05) is 13.1 Å². The molecule has 5 heteroatoms.